The molecule has 1 heterocycles. The largest absolute Gasteiger partial charge is 0.398 e. The molecule has 2 rings (SSSR count). The number of anilines is 1. The van der Waals surface area contributed by atoms with E-state index < -0.39 is 4.92 Å². The fourth-order valence-corrected chi connectivity index (χ4v) is 2.03. The van der Waals surface area contributed by atoms with Crippen molar-refractivity contribution in [2.45, 2.75) is 6.54 Å². The molecule has 0 saturated carbocycles. The van der Waals surface area contributed by atoms with Crippen LogP contribution in [-0.2, 0) is 6.54 Å². The number of benzene rings is 1. The summed E-state index contributed by atoms with van der Waals surface area (Å²) in [6.45, 7) is 0.149. The van der Waals surface area contributed by atoms with Crippen molar-refractivity contribution in [1.29, 1.82) is 0 Å². The summed E-state index contributed by atoms with van der Waals surface area (Å²) in [7, 11) is 0. The lowest BCUT2D eigenvalue weighted by Gasteiger charge is -2.08. The fraction of sp³-hybridized carbons (Fsp3) is 0.0909. The first-order valence-electron chi connectivity index (χ1n) is 5.22. The van der Waals surface area contributed by atoms with Gasteiger partial charge in [-0.3, -0.25) is 19.5 Å². The van der Waals surface area contributed by atoms with Gasteiger partial charge in [0.1, 0.15) is 0 Å². The minimum absolute atomic E-state index is 0.0594. The van der Waals surface area contributed by atoms with Crippen molar-refractivity contribution >= 4 is 34.0 Å². The summed E-state index contributed by atoms with van der Waals surface area (Å²) in [4.78, 5) is 26.0. The van der Waals surface area contributed by atoms with Gasteiger partial charge in [-0.15, -0.1) is 0 Å². The van der Waals surface area contributed by atoms with Crippen LogP contribution in [0.5, 0.6) is 0 Å². The molecule has 7 nitrogen and oxygen atoms in total. The third-order valence-electron chi connectivity index (χ3n) is 2.54. The van der Waals surface area contributed by atoms with E-state index in [9.17, 15) is 14.9 Å². The van der Waals surface area contributed by atoms with E-state index in [-0.39, 0.29) is 17.8 Å². The zero-order chi connectivity index (χ0) is 14.0. The molecule has 0 spiro atoms. The molecule has 0 atom stereocenters. The number of nitrogens with two attached hydrogens (primary N) is 1. The first kappa shape index (κ1) is 13.5. The van der Waals surface area contributed by atoms with E-state index in [1.807, 2.05) is 22.6 Å². The Labute approximate surface area is 121 Å². The van der Waals surface area contributed by atoms with Crippen LogP contribution in [0.3, 0.4) is 0 Å². The van der Waals surface area contributed by atoms with Crippen LogP contribution in [0.25, 0.3) is 0 Å². The molecule has 2 N–H and O–H groups in total. The highest BCUT2D eigenvalue weighted by atomic mass is 127. The van der Waals surface area contributed by atoms with Crippen LogP contribution in [-0.4, -0.2) is 14.5 Å². The number of aromatic nitrogens is 2. The number of nitro benzene ring substituents is 1. The van der Waals surface area contributed by atoms with Gasteiger partial charge in [0.15, 0.2) is 0 Å². The molecule has 1 aromatic heterocycles. The molecule has 0 unspecified atom stereocenters. The molecule has 0 radical (unpaired) electrons. The summed E-state index contributed by atoms with van der Waals surface area (Å²) in [5.41, 5.74) is 6.41. The Bertz CT molecular complexity index is 699. The summed E-state index contributed by atoms with van der Waals surface area (Å²) in [5, 5.41) is 10.7. The molecule has 19 heavy (non-hydrogen) atoms. The fourth-order valence-electron chi connectivity index (χ4n) is 1.56. The lowest BCUT2D eigenvalue weighted by molar-refractivity contribution is -0.384. The second-order valence-electron chi connectivity index (χ2n) is 3.81. The summed E-state index contributed by atoms with van der Waals surface area (Å²) in [6.07, 6.45) is 2.83. The predicted octanol–water partition coefficient (Wildman–Crippen LogP) is 1.39. The topological polar surface area (TPSA) is 104 Å². The third-order valence-corrected chi connectivity index (χ3v) is 3.28. The molecule has 1 aromatic carbocycles. The molecule has 0 amide bonds. The zero-order valence-electron chi connectivity index (χ0n) is 9.62. The Balaban J connectivity index is 2.43. The van der Waals surface area contributed by atoms with Gasteiger partial charge >= 0.3 is 0 Å². The molecular weight excluding hydrogens is 363 g/mol. The molecule has 0 saturated heterocycles. The molecular formula is C11H9IN4O3. The first-order chi connectivity index (χ1) is 8.99. The van der Waals surface area contributed by atoms with Crippen LogP contribution >= 0.6 is 22.6 Å². The monoisotopic (exact) mass is 372 g/mol. The molecule has 0 aliphatic rings. The second-order valence-corrected chi connectivity index (χ2v) is 4.98. The van der Waals surface area contributed by atoms with Crippen molar-refractivity contribution in [2.24, 2.45) is 0 Å². The maximum absolute atomic E-state index is 11.8. The second kappa shape index (κ2) is 5.34. The van der Waals surface area contributed by atoms with Crippen molar-refractivity contribution in [2.75, 3.05) is 5.73 Å². The first-order valence-corrected chi connectivity index (χ1v) is 6.29. The Morgan fingerprint density at radius 1 is 1.47 bits per heavy atom. The van der Waals surface area contributed by atoms with Gasteiger partial charge in [-0.1, -0.05) is 0 Å². The minimum Gasteiger partial charge on any atom is -0.398 e. The average molecular weight is 372 g/mol. The number of non-ortho nitro benzene ring substituents is 1. The van der Waals surface area contributed by atoms with Crippen molar-refractivity contribution in [1.82, 2.24) is 9.55 Å². The Hall–Kier alpha value is -1.97. The number of nitrogen functional groups attached to an aromatic ring is 1. The molecule has 2 aromatic rings. The number of rotatable bonds is 3. The van der Waals surface area contributed by atoms with E-state index >= 15 is 0 Å². The van der Waals surface area contributed by atoms with Crippen molar-refractivity contribution in [3.8, 4) is 0 Å². The number of hydrogen-bond acceptors (Lipinski definition) is 5. The number of hydrogen-bond donors (Lipinski definition) is 1. The average Bonchev–Trinajstić information content (AvgIpc) is 2.37. The highest BCUT2D eigenvalue weighted by molar-refractivity contribution is 14.1. The van der Waals surface area contributed by atoms with E-state index in [0.717, 1.165) is 0 Å². The number of halogens is 1. The van der Waals surface area contributed by atoms with Gasteiger partial charge in [0.2, 0.25) is 0 Å². The van der Waals surface area contributed by atoms with Gasteiger partial charge in [-0.25, -0.2) is 4.98 Å². The van der Waals surface area contributed by atoms with Gasteiger partial charge in [0.05, 0.1) is 21.4 Å². The molecule has 0 aliphatic carbocycles. The maximum atomic E-state index is 11.8. The van der Waals surface area contributed by atoms with Gasteiger partial charge < -0.3 is 5.73 Å². The Morgan fingerprint density at radius 2 is 2.21 bits per heavy atom. The molecule has 98 valence electrons. The van der Waals surface area contributed by atoms with E-state index in [2.05, 4.69) is 4.98 Å². The third kappa shape index (κ3) is 2.89. The highest BCUT2D eigenvalue weighted by Gasteiger charge is 2.10. The summed E-state index contributed by atoms with van der Waals surface area (Å²) >= 11 is 1.88. The smallest absolute Gasteiger partial charge is 0.269 e. The molecule has 8 heteroatoms. The number of nitro groups is 1. The van der Waals surface area contributed by atoms with Crippen LogP contribution < -0.4 is 11.3 Å². The standard InChI is InChI=1S/C11H9IN4O3/c12-9-4-14-6-15(11(9)17)5-7-3-8(16(18)19)1-2-10(7)13/h1-4,6H,5,13H2. The van der Waals surface area contributed by atoms with Gasteiger partial charge in [0, 0.05) is 29.6 Å². The maximum Gasteiger partial charge on any atom is 0.269 e. The summed E-state index contributed by atoms with van der Waals surface area (Å²) in [6, 6.07) is 4.15. The van der Waals surface area contributed by atoms with Crippen LogP contribution in [0.4, 0.5) is 11.4 Å². The van der Waals surface area contributed by atoms with Crippen molar-refractivity contribution in [3.05, 3.63) is 60.3 Å². The minimum atomic E-state index is -0.501. The SMILES string of the molecule is Nc1ccc([N+](=O)[O-])cc1Cn1cncc(I)c1=O. The molecule has 0 bridgehead atoms. The Morgan fingerprint density at radius 3 is 2.89 bits per heavy atom. The van der Waals surface area contributed by atoms with E-state index in [4.69, 9.17) is 5.73 Å². The van der Waals surface area contributed by atoms with Gasteiger partial charge in [-0.05, 0) is 28.7 Å². The van der Waals surface area contributed by atoms with Crippen LogP contribution in [0.1, 0.15) is 5.56 Å². The zero-order valence-corrected chi connectivity index (χ0v) is 11.8. The molecule has 0 fully saturated rings. The predicted molar refractivity (Wildman–Crippen MR) is 77.8 cm³/mol. The summed E-state index contributed by atoms with van der Waals surface area (Å²) in [5.74, 6) is 0. The van der Waals surface area contributed by atoms with Gasteiger partial charge in [-0.2, -0.15) is 0 Å². The van der Waals surface area contributed by atoms with Crippen LogP contribution in [0.2, 0.25) is 0 Å². The Kier molecular flexibility index (Phi) is 3.79. The van der Waals surface area contributed by atoms with Crippen LogP contribution in [0, 0.1) is 13.7 Å². The number of nitrogens with zero attached hydrogens (tertiary/aromatic N) is 3. The van der Waals surface area contributed by atoms with Crippen molar-refractivity contribution < 1.29 is 4.92 Å². The van der Waals surface area contributed by atoms with E-state index in [1.165, 1.54) is 35.3 Å². The molecule has 0 aliphatic heterocycles. The van der Waals surface area contributed by atoms with E-state index in [1.54, 1.807) is 0 Å². The quantitative estimate of drug-likeness (QED) is 0.380. The lowest BCUT2D eigenvalue weighted by Crippen LogP contribution is -2.23. The highest BCUT2D eigenvalue weighted by Crippen LogP contribution is 2.20. The summed E-state index contributed by atoms with van der Waals surface area (Å²) < 4.78 is 1.83. The van der Waals surface area contributed by atoms with Gasteiger partial charge in [0.25, 0.3) is 11.2 Å². The van der Waals surface area contributed by atoms with Crippen molar-refractivity contribution in [3.63, 3.8) is 0 Å². The normalized spacial score (nSPS) is 10.4. The lowest BCUT2D eigenvalue weighted by atomic mass is 10.1. The van der Waals surface area contributed by atoms with E-state index in [0.29, 0.717) is 14.8 Å². The van der Waals surface area contributed by atoms with Crippen LogP contribution in [0.15, 0.2) is 35.5 Å².